The molecule has 0 atom stereocenters. The highest BCUT2D eigenvalue weighted by Gasteiger charge is 2.24. The van der Waals surface area contributed by atoms with Crippen molar-refractivity contribution in [1.82, 2.24) is 10.2 Å². The predicted molar refractivity (Wildman–Crippen MR) is 115 cm³/mol. The van der Waals surface area contributed by atoms with Gasteiger partial charge in [-0.2, -0.15) is 0 Å². The van der Waals surface area contributed by atoms with Crippen molar-refractivity contribution in [3.8, 4) is 0 Å². The fourth-order valence-electron chi connectivity index (χ4n) is 3.29. The number of nitrogens with one attached hydrogen (secondary N) is 1. The molecule has 1 heterocycles. The zero-order valence-corrected chi connectivity index (χ0v) is 17.1. The van der Waals surface area contributed by atoms with Crippen LogP contribution in [0.1, 0.15) is 41.3 Å². The SMILES string of the molecule is Cc1ccc(C(=O)N/C(=C\c2ccc([N+](=O)[O-])cc2)C(=O)N2CCC(C)CC2)cc1. The Hall–Kier alpha value is -3.48. The van der Waals surface area contributed by atoms with Crippen molar-refractivity contribution in [2.24, 2.45) is 5.92 Å². The number of amides is 2. The molecule has 1 fully saturated rings. The number of hydrogen-bond acceptors (Lipinski definition) is 4. The summed E-state index contributed by atoms with van der Waals surface area (Å²) in [5.41, 5.74) is 2.21. The van der Waals surface area contributed by atoms with E-state index in [-0.39, 0.29) is 23.2 Å². The Bertz CT molecular complexity index is 957. The zero-order chi connectivity index (χ0) is 21.7. The summed E-state index contributed by atoms with van der Waals surface area (Å²) in [6.07, 6.45) is 3.40. The largest absolute Gasteiger partial charge is 0.337 e. The molecule has 2 aromatic carbocycles. The maximum absolute atomic E-state index is 13.1. The van der Waals surface area contributed by atoms with Gasteiger partial charge in [0.15, 0.2) is 0 Å². The summed E-state index contributed by atoms with van der Waals surface area (Å²) in [5.74, 6) is -0.0547. The number of rotatable bonds is 5. The first-order valence-corrected chi connectivity index (χ1v) is 9.97. The van der Waals surface area contributed by atoms with E-state index in [0.717, 1.165) is 18.4 Å². The van der Waals surface area contributed by atoms with Crippen LogP contribution in [-0.2, 0) is 4.79 Å². The van der Waals surface area contributed by atoms with Gasteiger partial charge in [0.25, 0.3) is 17.5 Å². The molecule has 0 aromatic heterocycles. The summed E-state index contributed by atoms with van der Waals surface area (Å²) in [4.78, 5) is 38.0. The van der Waals surface area contributed by atoms with E-state index in [9.17, 15) is 19.7 Å². The lowest BCUT2D eigenvalue weighted by molar-refractivity contribution is -0.384. The molecule has 0 unspecified atom stereocenters. The van der Waals surface area contributed by atoms with Crippen molar-refractivity contribution >= 4 is 23.6 Å². The average Bonchev–Trinajstić information content (AvgIpc) is 2.74. The van der Waals surface area contributed by atoms with Gasteiger partial charge in [-0.1, -0.05) is 24.6 Å². The number of benzene rings is 2. The fourth-order valence-corrected chi connectivity index (χ4v) is 3.29. The van der Waals surface area contributed by atoms with Crippen LogP contribution in [0, 0.1) is 23.0 Å². The van der Waals surface area contributed by atoms with Crippen LogP contribution < -0.4 is 5.32 Å². The lowest BCUT2D eigenvalue weighted by Gasteiger charge is -2.31. The van der Waals surface area contributed by atoms with E-state index in [0.29, 0.717) is 30.1 Å². The second-order valence-corrected chi connectivity index (χ2v) is 7.70. The maximum Gasteiger partial charge on any atom is 0.270 e. The van der Waals surface area contributed by atoms with Crippen molar-refractivity contribution in [3.63, 3.8) is 0 Å². The van der Waals surface area contributed by atoms with Crippen LogP contribution in [0.5, 0.6) is 0 Å². The molecule has 0 saturated carbocycles. The standard InChI is InChI=1S/C23H25N3O4/c1-16-3-7-19(8-4-16)22(27)24-21(23(28)25-13-11-17(2)12-14-25)15-18-5-9-20(10-6-18)26(29)30/h3-10,15,17H,11-14H2,1-2H3,(H,24,27)/b21-15-. The number of nitrogens with zero attached hydrogens (tertiary/aromatic N) is 2. The number of aryl methyl sites for hydroxylation is 1. The third kappa shape index (κ3) is 5.31. The molecular weight excluding hydrogens is 382 g/mol. The normalized spacial score (nSPS) is 15.0. The molecule has 1 aliphatic rings. The first kappa shape index (κ1) is 21.2. The number of carbonyl (C=O) groups excluding carboxylic acids is 2. The van der Waals surface area contributed by atoms with Crippen LogP contribution in [0.2, 0.25) is 0 Å². The summed E-state index contributed by atoms with van der Waals surface area (Å²) in [5, 5.41) is 13.6. The number of hydrogen-bond donors (Lipinski definition) is 1. The number of nitro benzene ring substituents is 1. The Morgan fingerprint density at radius 1 is 1.07 bits per heavy atom. The minimum atomic E-state index is -0.479. The quantitative estimate of drug-likeness (QED) is 0.462. The molecule has 7 heteroatoms. The van der Waals surface area contributed by atoms with Crippen molar-refractivity contribution in [2.75, 3.05) is 13.1 Å². The van der Waals surface area contributed by atoms with Gasteiger partial charge in [0.1, 0.15) is 5.70 Å². The van der Waals surface area contributed by atoms with E-state index in [1.807, 2.05) is 19.1 Å². The Labute approximate surface area is 175 Å². The first-order valence-electron chi connectivity index (χ1n) is 9.97. The highest BCUT2D eigenvalue weighted by molar-refractivity contribution is 6.05. The van der Waals surface area contributed by atoms with Crippen LogP contribution in [0.4, 0.5) is 5.69 Å². The van der Waals surface area contributed by atoms with Gasteiger partial charge in [-0.3, -0.25) is 19.7 Å². The molecule has 7 nitrogen and oxygen atoms in total. The topological polar surface area (TPSA) is 92.5 Å². The number of carbonyl (C=O) groups is 2. The minimum Gasteiger partial charge on any atom is -0.337 e. The third-order valence-electron chi connectivity index (χ3n) is 5.28. The van der Waals surface area contributed by atoms with Crippen LogP contribution in [-0.4, -0.2) is 34.7 Å². The highest BCUT2D eigenvalue weighted by atomic mass is 16.6. The molecule has 1 saturated heterocycles. The molecule has 2 aromatic rings. The summed E-state index contributed by atoms with van der Waals surface area (Å²) in [6, 6.07) is 13.0. The predicted octanol–water partition coefficient (Wildman–Crippen LogP) is 3.93. The summed E-state index contributed by atoms with van der Waals surface area (Å²) in [7, 11) is 0. The lowest BCUT2D eigenvalue weighted by Crippen LogP contribution is -2.42. The highest BCUT2D eigenvalue weighted by Crippen LogP contribution is 2.19. The lowest BCUT2D eigenvalue weighted by atomic mass is 9.99. The molecule has 0 aliphatic carbocycles. The van der Waals surface area contributed by atoms with Gasteiger partial charge in [0, 0.05) is 30.8 Å². The molecule has 156 valence electrons. The molecule has 0 spiro atoms. The molecule has 3 rings (SSSR count). The number of nitro groups is 1. The second kappa shape index (κ2) is 9.35. The number of piperidine rings is 1. The van der Waals surface area contributed by atoms with Gasteiger partial charge in [-0.25, -0.2) is 0 Å². The van der Waals surface area contributed by atoms with Crippen molar-refractivity contribution in [1.29, 1.82) is 0 Å². The van der Waals surface area contributed by atoms with Crippen LogP contribution >= 0.6 is 0 Å². The summed E-state index contributed by atoms with van der Waals surface area (Å²) in [6.45, 7) is 5.37. The molecule has 1 aliphatic heterocycles. The smallest absolute Gasteiger partial charge is 0.270 e. The Morgan fingerprint density at radius 3 is 2.23 bits per heavy atom. The van der Waals surface area contributed by atoms with Gasteiger partial charge in [0.05, 0.1) is 4.92 Å². The van der Waals surface area contributed by atoms with Gasteiger partial charge in [-0.15, -0.1) is 0 Å². The van der Waals surface area contributed by atoms with E-state index in [1.54, 1.807) is 35.2 Å². The molecule has 2 amide bonds. The molecule has 0 bridgehead atoms. The number of non-ortho nitro benzene ring substituents is 1. The Balaban J connectivity index is 1.87. The Morgan fingerprint density at radius 2 is 1.67 bits per heavy atom. The van der Waals surface area contributed by atoms with E-state index >= 15 is 0 Å². The zero-order valence-electron chi connectivity index (χ0n) is 17.1. The van der Waals surface area contributed by atoms with Gasteiger partial charge < -0.3 is 10.2 Å². The number of likely N-dealkylation sites (tertiary alicyclic amines) is 1. The Kier molecular flexibility index (Phi) is 6.61. The van der Waals surface area contributed by atoms with Crippen LogP contribution in [0.3, 0.4) is 0 Å². The van der Waals surface area contributed by atoms with Crippen LogP contribution in [0.25, 0.3) is 6.08 Å². The van der Waals surface area contributed by atoms with E-state index in [1.165, 1.54) is 12.1 Å². The molecule has 1 N–H and O–H groups in total. The second-order valence-electron chi connectivity index (χ2n) is 7.70. The first-order chi connectivity index (χ1) is 14.3. The van der Waals surface area contributed by atoms with E-state index in [4.69, 9.17) is 0 Å². The fraction of sp³-hybridized carbons (Fsp3) is 0.304. The third-order valence-corrected chi connectivity index (χ3v) is 5.28. The maximum atomic E-state index is 13.1. The van der Waals surface area contributed by atoms with Crippen molar-refractivity contribution in [3.05, 3.63) is 81.0 Å². The minimum absolute atomic E-state index is 0.0336. The van der Waals surface area contributed by atoms with Crippen LogP contribution in [0.15, 0.2) is 54.2 Å². The van der Waals surface area contributed by atoms with Gasteiger partial charge in [0.2, 0.25) is 0 Å². The average molecular weight is 407 g/mol. The van der Waals surface area contributed by atoms with Gasteiger partial charge >= 0.3 is 0 Å². The molecule has 30 heavy (non-hydrogen) atoms. The molecular formula is C23H25N3O4. The van der Waals surface area contributed by atoms with E-state index < -0.39 is 4.92 Å². The monoisotopic (exact) mass is 407 g/mol. The van der Waals surface area contributed by atoms with Gasteiger partial charge in [-0.05, 0) is 61.6 Å². The van der Waals surface area contributed by atoms with E-state index in [2.05, 4.69) is 12.2 Å². The molecule has 0 radical (unpaired) electrons. The summed E-state index contributed by atoms with van der Waals surface area (Å²) >= 11 is 0. The van der Waals surface area contributed by atoms with Crippen molar-refractivity contribution < 1.29 is 14.5 Å². The van der Waals surface area contributed by atoms with Crippen molar-refractivity contribution in [2.45, 2.75) is 26.7 Å². The summed E-state index contributed by atoms with van der Waals surface area (Å²) < 4.78 is 0.